The minimum atomic E-state index is -0.513. The molecule has 1 saturated heterocycles. The fraction of sp³-hybridized carbons (Fsp3) is 0.333. The van der Waals surface area contributed by atoms with Crippen LogP contribution in [0, 0.1) is 0 Å². The van der Waals surface area contributed by atoms with Crippen LogP contribution in [0.2, 0.25) is 5.02 Å². The van der Waals surface area contributed by atoms with Gasteiger partial charge in [-0.3, -0.25) is 9.59 Å². The van der Waals surface area contributed by atoms with Crippen molar-refractivity contribution in [2.24, 2.45) is 0 Å². The van der Waals surface area contributed by atoms with Crippen molar-refractivity contribution in [1.29, 1.82) is 0 Å². The van der Waals surface area contributed by atoms with Gasteiger partial charge in [0.25, 0.3) is 5.91 Å². The molecule has 27 heavy (non-hydrogen) atoms. The Kier molecular flexibility index (Phi) is 6.80. The predicted molar refractivity (Wildman–Crippen MR) is 111 cm³/mol. The Labute approximate surface area is 169 Å². The van der Waals surface area contributed by atoms with Crippen LogP contribution in [0.4, 0.5) is 0 Å². The molecule has 6 heteroatoms. The van der Waals surface area contributed by atoms with E-state index < -0.39 is 6.04 Å². The van der Waals surface area contributed by atoms with E-state index in [0.717, 1.165) is 18.4 Å². The lowest BCUT2D eigenvalue weighted by Gasteiger charge is -2.29. The number of nitrogens with zero attached hydrogens (tertiary/aromatic N) is 1. The first-order valence-corrected chi connectivity index (χ1v) is 10.6. The van der Waals surface area contributed by atoms with Crippen molar-refractivity contribution in [2.75, 3.05) is 12.3 Å². The molecule has 1 aliphatic rings. The molecule has 0 spiro atoms. The number of unbranched alkanes of at least 4 members (excludes halogenated alkanes) is 1. The van der Waals surface area contributed by atoms with Crippen molar-refractivity contribution in [3.63, 3.8) is 0 Å². The molecule has 1 aliphatic heterocycles. The van der Waals surface area contributed by atoms with Crippen LogP contribution in [0.3, 0.4) is 0 Å². The minimum Gasteiger partial charge on any atom is -0.354 e. The summed E-state index contributed by atoms with van der Waals surface area (Å²) in [5, 5.41) is 3.29. The Morgan fingerprint density at radius 2 is 1.85 bits per heavy atom. The summed E-state index contributed by atoms with van der Waals surface area (Å²) in [5.41, 5.74) is 1.43. The summed E-state index contributed by atoms with van der Waals surface area (Å²) in [5.74, 6) is 0.294. The van der Waals surface area contributed by atoms with E-state index in [1.165, 1.54) is 0 Å². The maximum Gasteiger partial charge on any atom is 0.255 e. The van der Waals surface area contributed by atoms with E-state index in [2.05, 4.69) is 12.2 Å². The standard InChI is InChI=1S/C21H23ClN2O2S/c1-2-3-13-23-19(25)18-14-27-21(16-11-7-8-12-17(16)22)24(18)20(26)15-9-5-4-6-10-15/h4-12,18,21H,2-3,13-14H2,1H3,(H,23,25). The second-order valence-corrected chi connectivity index (χ2v) is 7.97. The van der Waals surface area contributed by atoms with E-state index in [0.29, 0.717) is 22.9 Å². The predicted octanol–water partition coefficient (Wildman–Crippen LogP) is 4.51. The normalized spacial score (nSPS) is 19.1. The van der Waals surface area contributed by atoms with Gasteiger partial charge in [0.15, 0.2) is 0 Å². The summed E-state index contributed by atoms with van der Waals surface area (Å²) in [6.45, 7) is 2.71. The third-order valence-electron chi connectivity index (χ3n) is 4.56. The molecule has 2 aromatic rings. The monoisotopic (exact) mass is 402 g/mol. The van der Waals surface area contributed by atoms with E-state index in [1.807, 2.05) is 42.5 Å². The van der Waals surface area contributed by atoms with E-state index >= 15 is 0 Å². The molecule has 2 aromatic carbocycles. The second-order valence-electron chi connectivity index (χ2n) is 6.45. The number of benzene rings is 2. The summed E-state index contributed by atoms with van der Waals surface area (Å²) >= 11 is 7.97. The van der Waals surface area contributed by atoms with E-state index in [4.69, 9.17) is 11.6 Å². The van der Waals surface area contributed by atoms with Crippen LogP contribution in [0.1, 0.15) is 41.1 Å². The van der Waals surface area contributed by atoms with E-state index in [1.54, 1.807) is 28.8 Å². The molecular weight excluding hydrogens is 380 g/mol. The molecule has 2 atom stereocenters. The zero-order valence-corrected chi connectivity index (χ0v) is 16.8. The Balaban J connectivity index is 1.91. The molecule has 3 rings (SSSR count). The zero-order chi connectivity index (χ0) is 19.2. The number of carbonyl (C=O) groups excluding carboxylic acids is 2. The van der Waals surface area contributed by atoms with Crippen molar-refractivity contribution in [2.45, 2.75) is 31.2 Å². The maximum atomic E-state index is 13.3. The molecule has 2 amide bonds. The van der Waals surface area contributed by atoms with Gasteiger partial charge in [0, 0.05) is 28.4 Å². The Bertz CT molecular complexity index is 800. The topological polar surface area (TPSA) is 49.4 Å². The lowest BCUT2D eigenvalue weighted by Crippen LogP contribution is -2.48. The molecule has 142 valence electrons. The first-order chi connectivity index (χ1) is 13.1. The lowest BCUT2D eigenvalue weighted by molar-refractivity contribution is -0.124. The second kappa shape index (κ2) is 9.29. The molecule has 0 saturated carbocycles. The number of hydrogen-bond donors (Lipinski definition) is 1. The van der Waals surface area contributed by atoms with Crippen LogP contribution in [-0.2, 0) is 4.79 Å². The smallest absolute Gasteiger partial charge is 0.255 e. The minimum absolute atomic E-state index is 0.102. The van der Waals surface area contributed by atoms with E-state index in [9.17, 15) is 9.59 Å². The molecular formula is C21H23ClN2O2S. The summed E-state index contributed by atoms with van der Waals surface area (Å²) < 4.78 is 0. The summed E-state index contributed by atoms with van der Waals surface area (Å²) in [4.78, 5) is 27.7. The first-order valence-electron chi connectivity index (χ1n) is 9.15. The molecule has 2 unspecified atom stereocenters. The highest BCUT2D eigenvalue weighted by molar-refractivity contribution is 7.99. The molecule has 0 bridgehead atoms. The lowest BCUT2D eigenvalue weighted by atomic mass is 10.1. The van der Waals surface area contributed by atoms with Crippen LogP contribution < -0.4 is 5.32 Å². The quantitative estimate of drug-likeness (QED) is 0.723. The van der Waals surface area contributed by atoms with Crippen LogP contribution in [-0.4, -0.2) is 35.1 Å². The largest absolute Gasteiger partial charge is 0.354 e. The van der Waals surface area contributed by atoms with Crippen molar-refractivity contribution in [3.8, 4) is 0 Å². The SMILES string of the molecule is CCCCNC(=O)C1CSC(c2ccccc2Cl)N1C(=O)c1ccccc1. The molecule has 1 heterocycles. The molecule has 4 nitrogen and oxygen atoms in total. The zero-order valence-electron chi connectivity index (χ0n) is 15.2. The number of rotatable bonds is 6. The number of amides is 2. The van der Waals surface area contributed by atoms with Crippen LogP contribution >= 0.6 is 23.4 Å². The van der Waals surface area contributed by atoms with Crippen molar-refractivity contribution in [1.82, 2.24) is 10.2 Å². The molecule has 0 aromatic heterocycles. The molecule has 1 fully saturated rings. The molecule has 1 N–H and O–H groups in total. The number of nitrogens with one attached hydrogen (secondary N) is 1. The van der Waals surface area contributed by atoms with Crippen LogP contribution in [0.5, 0.6) is 0 Å². The van der Waals surface area contributed by atoms with Crippen molar-refractivity contribution < 1.29 is 9.59 Å². The van der Waals surface area contributed by atoms with Crippen molar-refractivity contribution >= 4 is 35.2 Å². The fourth-order valence-electron chi connectivity index (χ4n) is 3.11. The number of carbonyl (C=O) groups is 2. The average Bonchev–Trinajstić information content (AvgIpc) is 3.13. The van der Waals surface area contributed by atoms with Gasteiger partial charge in [-0.15, -0.1) is 11.8 Å². The molecule has 0 radical (unpaired) electrons. The molecule has 0 aliphatic carbocycles. The Hall–Kier alpha value is -1.98. The highest BCUT2D eigenvalue weighted by atomic mass is 35.5. The van der Waals surface area contributed by atoms with Crippen LogP contribution in [0.25, 0.3) is 0 Å². The van der Waals surface area contributed by atoms with Gasteiger partial charge in [0.1, 0.15) is 11.4 Å². The highest BCUT2D eigenvalue weighted by Crippen LogP contribution is 2.44. The van der Waals surface area contributed by atoms with Gasteiger partial charge in [-0.1, -0.05) is 61.3 Å². The fourth-order valence-corrected chi connectivity index (χ4v) is 4.88. The van der Waals surface area contributed by atoms with Gasteiger partial charge < -0.3 is 10.2 Å². The maximum absolute atomic E-state index is 13.3. The van der Waals surface area contributed by atoms with Crippen LogP contribution in [0.15, 0.2) is 54.6 Å². The van der Waals surface area contributed by atoms with Gasteiger partial charge >= 0.3 is 0 Å². The Morgan fingerprint density at radius 3 is 2.56 bits per heavy atom. The van der Waals surface area contributed by atoms with Gasteiger partial charge in [-0.25, -0.2) is 0 Å². The summed E-state index contributed by atoms with van der Waals surface area (Å²) in [6, 6.07) is 16.1. The summed E-state index contributed by atoms with van der Waals surface area (Å²) in [6.07, 6.45) is 1.93. The average molecular weight is 403 g/mol. The third-order valence-corrected chi connectivity index (χ3v) is 6.21. The van der Waals surface area contributed by atoms with Gasteiger partial charge in [-0.05, 0) is 24.6 Å². The third kappa shape index (κ3) is 4.47. The summed E-state index contributed by atoms with van der Waals surface area (Å²) in [7, 11) is 0. The van der Waals surface area contributed by atoms with Crippen molar-refractivity contribution in [3.05, 3.63) is 70.7 Å². The van der Waals surface area contributed by atoms with Gasteiger partial charge in [0.05, 0.1) is 0 Å². The van der Waals surface area contributed by atoms with Gasteiger partial charge in [-0.2, -0.15) is 0 Å². The van der Waals surface area contributed by atoms with E-state index in [-0.39, 0.29) is 17.2 Å². The first kappa shape index (κ1) is 19.8. The highest BCUT2D eigenvalue weighted by Gasteiger charge is 2.43. The van der Waals surface area contributed by atoms with Gasteiger partial charge in [0.2, 0.25) is 5.91 Å². The number of halogens is 1. The number of hydrogen-bond acceptors (Lipinski definition) is 3. The Morgan fingerprint density at radius 1 is 1.15 bits per heavy atom. The number of thioether (sulfide) groups is 1.